The first-order valence-electron chi connectivity index (χ1n) is 9.39. The fourth-order valence-corrected chi connectivity index (χ4v) is 4.07. The summed E-state index contributed by atoms with van der Waals surface area (Å²) in [6.45, 7) is 2.51. The highest BCUT2D eigenvalue weighted by Crippen LogP contribution is 2.34. The molecule has 0 aliphatic carbocycles. The predicted molar refractivity (Wildman–Crippen MR) is 105 cm³/mol. The van der Waals surface area contributed by atoms with Crippen LogP contribution in [-0.2, 0) is 6.18 Å². The van der Waals surface area contributed by atoms with Crippen LogP contribution in [0.15, 0.2) is 36.0 Å². The minimum Gasteiger partial charge on any atom is -0.337 e. The number of alkyl halides is 3. The van der Waals surface area contributed by atoms with Gasteiger partial charge in [-0.2, -0.15) is 13.2 Å². The largest absolute Gasteiger partial charge is 0.433 e. The predicted octanol–water partition coefficient (Wildman–Crippen LogP) is 4.34. The van der Waals surface area contributed by atoms with Crippen LogP contribution in [0.3, 0.4) is 0 Å². The molecule has 4 rings (SSSR count). The van der Waals surface area contributed by atoms with E-state index in [-0.39, 0.29) is 35.6 Å². The van der Waals surface area contributed by atoms with Gasteiger partial charge in [0.2, 0.25) is 0 Å². The van der Waals surface area contributed by atoms with Gasteiger partial charge in [0.25, 0.3) is 5.91 Å². The second-order valence-electron chi connectivity index (χ2n) is 7.11. The topological polar surface area (TPSA) is 71.9 Å². The molecule has 0 aromatic carbocycles. The summed E-state index contributed by atoms with van der Waals surface area (Å²) in [4.78, 5) is 31.4. The molecule has 0 spiro atoms. The van der Waals surface area contributed by atoms with E-state index in [2.05, 4.69) is 19.9 Å². The number of carbonyl (C=O) groups is 1. The average molecular weight is 433 g/mol. The zero-order valence-corrected chi connectivity index (χ0v) is 16.9. The third kappa shape index (κ3) is 4.33. The Kier molecular flexibility index (Phi) is 5.50. The molecule has 0 saturated carbocycles. The highest BCUT2D eigenvalue weighted by molar-refractivity contribution is 7.13. The van der Waals surface area contributed by atoms with E-state index in [0.29, 0.717) is 30.0 Å². The van der Waals surface area contributed by atoms with Crippen LogP contribution in [-0.4, -0.2) is 43.8 Å². The van der Waals surface area contributed by atoms with Crippen LogP contribution in [0.25, 0.3) is 10.6 Å². The van der Waals surface area contributed by atoms with Crippen molar-refractivity contribution < 1.29 is 18.0 Å². The number of piperidine rings is 1. The fourth-order valence-electron chi connectivity index (χ4n) is 3.38. The number of halogens is 3. The zero-order chi connectivity index (χ0) is 21.3. The highest BCUT2D eigenvalue weighted by Gasteiger charge is 2.36. The zero-order valence-electron chi connectivity index (χ0n) is 16.1. The quantitative estimate of drug-likeness (QED) is 0.614. The summed E-state index contributed by atoms with van der Waals surface area (Å²) < 4.78 is 40.3. The number of hydrogen-bond acceptors (Lipinski definition) is 6. The Morgan fingerprint density at radius 2 is 2.07 bits per heavy atom. The van der Waals surface area contributed by atoms with Gasteiger partial charge in [-0.3, -0.25) is 9.78 Å². The molecule has 1 atom stereocenters. The van der Waals surface area contributed by atoms with Gasteiger partial charge in [0.1, 0.15) is 17.2 Å². The standard InChI is InChI=1S/C20H18F3N5OS/c1-12-9-25-15(10-24-12)19(29)28-6-2-4-13(11-28)18-26-14(16-5-3-7-30-16)8-17(27-18)20(21,22)23/h3,5,7-10,13H,2,4,6,11H2,1H3. The molecule has 1 fully saturated rings. The number of likely N-dealkylation sites (tertiary alicyclic amines) is 1. The maximum Gasteiger partial charge on any atom is 0.433 e. The summed E-state index contributed by atoms with van der Waals surface area (Å²) in [5.41, 5.74) is 0.186. The second-order valence-corrected chi connectivity index (χ2v) is 8.05. The molecule has 1 unspecified atom stereocenters. The van der Waals surface area contributed by atoms with Crippen LogP contribution in [0.4, 0.5) is 13.2 Å². The Bertz CT molecular complexity index is 1040. The summed E-state index contributed by atoms with van der Waals surface area (Å²) in [7, 11) is 0. The number of nitrogens with zero attached hydrogens (tertiary/aromatic N) is 5. The number of carbonyl (C=O) groups excluding carboxylic acids is 1. The van der Waals surface area contributed by atoms with E-state index in [4.69, 9.17) is 0 Å². The third-order valence-corrected chi connectivity index (χ3v) is 5.77. The van der Waals surface area contributed by atoms with E-state index in [1.54, 1.807) is 29.3 Å². The molecule has 3 aromatic heterocycles. The Hall–Kier alpha value is -2.88. The number of amides is 1. The Labute approximate surface area is 174 Å². The van der Waals surface area contributed by atoms with Crippen LogP contribution in [0.5, 0.6) is 0 Å². The van der Waals surface area contributed by atoms with Crippen LogP contribution in [0.2, 0.25) is 0 Å². The normalized spacial score (nSPS) is 17.2. The minimum atomic E-state index is -4.58. The van der Waals surface area contributed by atoms with Crippen molar-refractivity contribution in [1.82, 2.24) is 24.8 Å². The lowest BCUT2D eigenvalue weighted by atomic mass is 9.96. The molecule has 4 heterocycles. The minimum absolute atomic E-state index is 0.112. The van der Waals surface area contributed by atoms with Crippen molar-refractivity contribution in [2.45, 2.75) is 31.9 Å². The lowest BCUT2D eigenvalue weighted by Crippen LogP contribution is -2.40. The molecule has 156 valence electrons. The molecule has 3 aromatic rings. The maximum atomic E-state index is 13.4. The van der Waals surface area contributed by atoms with E-state index in [0.717, 1.165) is 6.07 Å². The molecule has 1 amide bonds. The number of hydrogen-bond donors (Lipinski definition) is 0. The molecule has 1 saturated heterocycles. The summed E-state index contributed by atoms with van der Waals surface area (Å²) in [6.07, 6.45) is -0.404. The molecular formula is C20H18F3N5OS. The molecule has 1 aliphatic rings. The Morgan fingerprint density at radius 3 is 2.73 bits per heavy atom. The maximum absolute atomic E-state index is 13.4. The van der Waals surface area contributed by atoms with Gasteiger partial charge in [-0.15, -0.1) is 11.3 Å². The first-order chi connectivity index (χ1) is 14.3. The Balaban J connectivity index is 1.63. The van der Waals surface area contributed by atoms with Crippen LogP contribution >= 0.6 is 11.3 Å². The smallest absolute Gasteiger partial charge is 0.337 e. The average Bonchev–Trinajstić information content (AvgIpc) is 3.28. The molecule has 10 heteroatoms. The molecule has 1 aliphatic heterocycles. The fraction of sp³-hybridized carbons (Fsp3) is 0.350. The number of aryl methyl sites for hydroxylation is 1. The molecule has 0 N–H and O–H groups in total. The van der Waals surface area contributed by atoms with E-state index < -0.39 is 11.9 Å². The first-order valence-corrected chi connectivity index (χ1v) is 10.3. The molecule has 30 heavy (non-hydrogen) atoms. The van der Waals surface area contributed by atoms with Gasteiger partial charge < -0.3 is 4.90 Å². The molecule has 0 bridgehead atoms. The van der Waals surface area contributed by atoms with Gasteiger partial charge in [-0.25, -0.2) is 15.0 Å². The monoisotopic (exact) mass is 433 g/mol. The SMILES string of the molecule is Cc1cnc(C(=O)N2CCCC(c3nc(-c4cccs4)cc(C(F)(F)F)n3)C2)cn1. The van der Waals surface area contributed by atoms with Crippen molar-refractivity contribution in [2.75, 3.05) is 13.1 Å². The van der Waals surface area contributed by atoms with Crippen molar-refractivity contribution in [3.63, 3.8) is 0 Å². The lowest BCUT2D eigenvalue weighted by molar-refractivity contribution is -0.141. The first kappa shape index (κ1) is 20.4. The van der Waals surface area contributed by atoms with E-state index >= 15 is 0 Å². The van der Waals surface area contributed by atoms with Crippen molar-refractivity contribution >= 4 is 17.2 Å². The summed E-state index contributed by atoms with van der Waals surface area (Å²) in [5.74, 6) is -0.569. The van der Waals surface area contributed by atoms with Crippen molar-refractivity contribution in [2.24, 2.45) is 0 Å². The molecule has 0 radical (unpaired) electrons. The van der Waals surface area contributed by atoms with E-state index in [1.807, 2.05) is 0 Å². The lowest BCUT2D eigenvalue weighted by Gasteiger charge is -2.32. The van der Waals surface area contributed by atoms with E-state index in [9.17, 15) is 18.0 Å². The van der Waals surface area contributed by atoms with Crippen molar-refractivity contribution in [3.8, 4) is 10.6 Å². The summed E-state index contributed by atoms with van der Waals surface area (Å²) >= 11 is 1.32. The van der Waals surface area contributed by atoms with Crippen LogP contribution in [0.1, 0.15) is 46.5 Å². The number of rotatable bonds is 3. The van der Waals surface area contributed by atoms with Crippen molar-refractivity contribution in [1.29, 1.82) is 0 Å². The van der Waals surface area contributed by atoms with Gasteiger partial charge in [-0.1, -0.05) is 6.07 Å². The summed E-state index contributed by atoms with van der Waals surface area (Å²) in [6, 6.07) is 4.46. The Morgan fingerprint density at radius 1 is 1.23 bits per heavy atom. The van der Waals surface area contributed by atoms with E-state index in [1.165, 1.54) is 23.7 Å². The van der Waals surface area contributed by atoms with Crippen molar-refractivity contribution in [3.05, 3.63) is 58.9 Å². The summed E-state index contributed by atoms with van der Waals surface area (Å²) in [5, 5.41) is 1.79. The molecule has 6 nitrogen and oxygen atoms in total. The van der Waals surface area contributed by atoms with Gasteiger partial charge in [0.05, 0.1) is 22.5 Å². The second kappa shape index (κ2) is 8.10. The highest BCUT2D eigenvalue weighted by atomic mass is 32.1. The van der Waals surface area contributed by atoms with Gasteiger partial charge in [0.15, 0.2) is 0 Å². The van der Waals surface area contributed by atoms with Gasteiger partial charge in [0, 0.05) is 25.2 Å². The molecular weight excluding hydrogens is 415 g/mol. The van der Waals surface area contributed by atoms with Gasteiger partial charge >= 0.3 is 6.18 Å². The van der Waals surface area contributed by atoms with Crippen LogP contribution in [0, 0.1) is 6.92 Å². The number of thiophene rings is 1. The third-order valence-electron chi connectivity index (χ3n) is 4.88. The number of aromatic nitrogens is 4. The van der Waals surface area contributed by atoms with Crippen LogP contribution < -0.4 is 0 Å². The van der Waals surface area contributed by atoms with Gasteiger partial charge in [-0.05, 0) is 37.3 Å².